The van der Waals surface area contributed by atoms with Gasteiger partial charge in [-0.2, -0.15) is 0 Å². The van der Waals surface area contributed by atoms with Crippen LogP contribution in [0.2, 0.25) is 18.1 Å². The lowest BCUT2D eigenvalue weighted by molar-refractivity contribution is -0.142. The number of fused-ring (bicyclic) bond motifs is 1. The molecular weight excluding hydrogens is 272 g/mol. The van der Waals surface area contributed by atoms with Crippen LogP contribution in [0, 0.1) is 5.92 Å². The van der Waals surface area contributed by atoms with Gasteiger partial charge in [0.1, 0.15) is 12.2 Å². The van der Waals surface area contributed by atoms with Crippen LogP contribution in [0.4, 0.5) is 0 Å². The molecule has 3 atom stereocenters. The van der Waals surface area contributed by atoms with Gasteiger partial charge in [0.05, 0.1) is 6.42 Å². The van der Waals surface area contributed by atoms with Crippen molar-refractivity contribution in [3.05, 3.63) is 0 Å². The zero-order valence-corrected chi connectivity index (χ0v) is 14.2. The van der Waals surface area contributed by atoms with E-state index in [9.17, 15) is 9.59 Å². The van der Waals surface area contributed by atoms with E-state index in [0.717, 1.165) is 0 Å². The number of ether oxygens (including phenoxy) is 1. The fourth-order valence-corrected chi connectivity index (χ4v) is 3.98. The molecule has 0 aromatic rings. The van der Waals surface area contributed by atoms with Gasteiger partial charge in [0, 0.05) is 12.3 Å². The van der Waals surface area contributed by atoms with Crippen molar-refractivity contribution in [2.45, 2.75) is 76.8 Å². The average Bonchev–Trinajstić information content (AvgIpc) is 2.57. The van der Waals surface area contributed by atoms with Gasteiger partial charge in [0.2, 0.25) is 0 Å². The largest absolute Gasteiger partial charge is 0.462 e. The summed E-state index contributed by atoms with van der Waals surface area (Å²) in [5.41, 5.74) is 0. The Morgan fingerprint density at radius 2 is 1.90 bits per heavy atom. The summed E-state index contributed by atoms with van der Waals surface area (Å²) in [6, 6.07) is 0. The summed E-state index contributed by atoms with van der Waals surface area (Å²) in [6.45, 7) is 10.8. The predicted molar refractivity (Wildman–Crippen MR) is 78.9 cm³/mol. The van der Waals surface area contributed by atoms with Crippen LogP contribution >= 0.6 is 0 Å². The first kappa shape index (κ1) is 15.7. The molecule has 2 fully saturated rings. The molecule has 1 heterocycles. The normalized spacial score (nSPS) is 31.8. The number of rotatable bonds is 2. The zero-order valence-electron chi connectivity index (χ0n) is 13.2. The lowest BCUT2D eigenvalue weighted by Crippen LogP contribution is -2.46. The van der Waals surface area contributed by atoms with Gasteiger partial charge in [-0.3, -0.25) is 9.59 Å². The van der Waals surface area contributed by atoms with Crippen LogP contribution in [0.25, 0.3) is 0 Å². The fraction of sp³-hybridized carbons (Fsp3) is 0.867. The van der Waals surface area contributed by atoms with Crippen LogP contribution in [-0.4, -0.2) is 32.3 Å². The number of Topliss-reactive ketones (excluding diaryl/α,β-unsaturated/α-hetero) is 1. The minimum atomic E-state index is -1.96. The molecule has 1 saturated carbocycles. The summed E-state index contributed by atoms with van der Waals surface area (Å²) < 4.78 is 11.6. The third-order valence-electron chi connectivity index (χ3n) is 5.03. The molecule has 2 aliphatic rings. The van der Waals surface area contributed by atoms with Crippen LogP contribution in [0.1, 0.15) is 46.5 Å². The molecule has 1 saturated heterocycles. The van der Waals surface area contributed by atoms with Crippen molar-refractivity contribution >= 4 is 20.1 Å². The van der Waals surface area contributed by atoms with E-state index < -0.39 is 8.32 Å². The monoisotopic (exact) mass is 298 g/mol. The number of carbonyl (C=O) groups excluding carboxylic acids is 2. The van der Waals surface area contributed by atoms with E-state index in [1.807, 2.05) is 0 Å². The van der Waals surface area contributed by atoms with Crippen LogP contribution in [0.15, 0.2) is 0 Å². The Morgan fingerprint density at radius 3 is 2.50 bits per heavy atom. The summed E-state index contributed by atoms with van der Waals surface area (Å²) >= 11 is 0. The van der Waals surface area contributed by atoms with Crippen LogP contribution in [0.5, 0.6) is 0 Å². The number of ketones is 1. The Balaban J connectivity index is 2.10. The van der Waals surface area contributed by atoms with E-state index in [-0.39, 0.29) is 34.9 Å². The maximum absolute atomic E-state index is 12.3. The van der Waals surface area contributed by atoms with E-state index in [4.69, 9.17) is 9.16 Å². The van der Waals surface area contributed by atoms with Gasteiger partial charge in [0.25, 0.3) is 0 Å². The summed E-state index contributed by atoms with van der Waals surface area (Å²) in [4.78, 5) is 23.7. The highest BCUT2D eigenvalue weighted by molar-refractivity contribution is 6.74. The van der Waals surface area contributed by atoms with Crippen molar-refractivity contribution in [3.63, 3.8) is 0 Å². The van der Waals surface area contributed by atoms with Gasteiger partial charge >= 0.3 is 5.97 Å². The SMILES string of the molecule is CC(C)(C)[Si](C)(C)O[C@@H]1C[C@@H]2CC(=O)O[C@@H]2CCC1=O. The van der Waals surface area contributed by atoms with E-state index in [1.54, 1.807) is 0 Å². The van der Waals surface area contributed by atoms with Gasteiger partial charge in [-0.15, -0.1) is 0 Å². The number of esters is 1. The molecule has 0 aromatic carbocycles. The Bertz CT molecular complexity index is 411. The summed E-state index contributed by atoms with van der Waals surface area (Å²) in [7, 11) is -1.96. The predicted octanol–water partition coefficient (Wildman–Crippen LogP) is 3.06. The quantitative estimate of drug-likeness (QED) is 0.581. The Kier molecular flexibility index (Phi) is 4.13. The van der Waals surface area contributed by atoms with Gasteiger partial charge in [-0.25, -0.2) is 0 Å². The lowest BCUT2D eigenvalue weighted by Gasteiger charge is -2.39. The second-order valence-electron chi connectivity index (χ2n) is 7.60. The van der Waals surface area contributed by atoms with Gasteiger partial charge in [-0.05, 0) is 31.0 Å². The standard InChI is InChI=1S/C15H26O4Si/c1-15(2,3)20(4,5)19-13-8-10-9-14(17)18-12(10)7-6-11(13)16/h10,12-13H,6-9H2,1-5H3/t10-,12-,13-/m1/s1. The first-order chi connectivity index (χ1) is 9.10. The third-order valence-corrected chi connectivity index (χ3v) is 9.52. The Labute approximate surface area is 122 Å². The highest BCUT2D eigenvalue weighted by Crippen LogP contribution is 2.40. The van der Waals surface area contributed by atoms with Gasteiger partial charge in [0.15, 0.2) is 14.1 Å². The van der Waals surface area contributed by atoms with Crippen LogP contribution < -0.4 is 0 Å². The molecule has 0 spiro atoms. The second-order valence-corrected chi connectivity index (χ2v) is 12.4. The van der Waals surface area contributed by atoms with Crippen LogP contribution in [-0.2, 0) is 18.8 Å². The molecule has 1 aliphatic heterocycles. The molecule has 1 aliphatic carbocycles. The van der Waals surface area contributed by atoms with Gasteiger partial charge in [-0.1, -0.05) is 20.8 Å². The highest BCUT2D eigenvalue weighted by atomic mass is 28.4. The molecule has 2 rings (SSSR count). The first-order valence-electron chi connectivity index (χ1n) is 7.50. The summed E-state index contributed by atoms with van der Waals surface area (Å²) in [5.74, 6) is 0.212. The molecule has 5 heteroatoms. The van der Waals surface area contributed by atoms with Crippen molar-refractivity contribution in [2.75, 3.05) is 0 Å². The van der Waals surface area contributed by atoms with Gasteiger partial charge < -0.3 is 9.16 Å². The van der Waals surface area contributed by atoms with Crippen molar-refractivity contribution < 1.29 is 18.8 Å². The van der Waals surface area contributed by atoms with Crippen molar-refractivity contribution in [2.24, 2.45) is 5.92 Å². The van der Waals surface area contributed by atoms with Crippen molar-refractivity contribution in [1.82, 2.24) is 0 Å². The Hall–Kier alpha value is -0.683. The molecular formula is C15H26O4Si. The Morgan fingerprint density at radius 1 is 1.25 bits per heavy atom. The third kappa shape index (κ3) is 3.14. The maximum atomic E-state index is 12.3. The maximum Gasteiger partial charge on any atom is 0.306 e. The number of carbonyl (C=O) groups is 2. The number of hydrogen-bond acceptors (Lipinski definition) is 4. The average molecular weight is 298 g/mol. The smallest absolute Gasteiger partial charge is 0.306 e. The molecule has 0 N–H and O–H groups in total. The molecule has 0 bridgehead atoms. The van der Waals surface area contributed by atoms with E-state index in [0.29, 0.717) is 25.7 Å². The molecule has 4 nitrogen and oxygen atoms in total. The minimum absolute atomic E-state index is 0.0699. The molecule has 0 radical (unpaired) electrons. The molecule has 114 valence electrons. The summed E-state index contributed by atoms with van der Waals surface area (Å²) in [5, 5.41) is 0.0843. The first-order valence-corrected chi connectivity index (χ1v) is 10.4. The van der Waals surface area contributed by atoms with E-state index in [1.165, 1.54) is 0 Å². The van der Waals surface area contributed by atoms with Crippen LogP contribution in [0.3, 0.4) is 0 Å². The topological polar surface area (TPSA) is 52.6 Å². The zero-order chi connectivity index (χ0) is 15.1. The number of hydrogen-bond donors (Lipinski definition) is 0. The highest BCUT2D eigenvalue weighted by Gasteiger charge is 2.45. The molecule has 0 unspecified atom stereocenters. The second kappa shape index (κ2) is 5.26. The lowest BCUT2D eigenvalue weighted by atomic mass is 9.96. The van der Waals surface area contributed by atoms with Crippen molar-refractivity contribution in [3.8, 4) is 0 Å². The molecule has 20 heavy (non-hydrogen) atoms. The molecule has 0 aromatic heterocycles. The van der Waals surface area contributed by atoms with Crippen molar-refractivity contribution in [1.29, 1.82) is 0 Å². The van der Waals surface area contributed by atoms with E-state index in [2.05, 4.69) is 33.9 Å². The molecule has 0 amide bonds. The fourth-order valence-electron chi connectivity index (χ4n) is 2.69. The van der Waals surface area contributed by atoms with E-state index >= 15 is 0 Å². The summed E-state index contributed by atoms with van der Waals surface area (Å²) in [6.07, 6.45) is 1.79. The minimum Gasteiger partial charge on any atom is -0.462 e.